The van der Waals surface area contributed by atoms with Crippen LogP contribution in [0, 0.1) is 0 Å². The van der Waals surface area contributed by atoms with Gasteiger partial charge in [-0.15, -0.1) is 15.3 Å². The summed E-state index contributed by atoms with van der Waals surface area (Å²) >= 11 is 0. The minimum absolute atomic E-state index is 0.165. The summed E-state index contributed by atoms with van der Waals surface area (Å²) in [4.78, 5) is 4.23. The van der Waals surface area contributed by atoms with Crippen molar-refractivity contribution in [2.45, 2.75) is 24.8 Å². The van der Waals surface area contributed by atoms with Gasteiger partial charge in [0.25, 0.3) is 5.92 Å². The van der Waals surface area contributed by atoms with E-state index in [1.165, 1.54) is 0 Å². The van der Waals surface area contributed by atoms with Crippen LogP contribution in [-0.2, 0) is 0 Å². The number of fused-ring (bicyclic) bond motifs is 1. The van der Waals surface area contributed by atoms with Gasteiger partial charge in [0.05, 0.1) is 0 Å². The highest BCUT2D eigenvalue weighted by Crippen LogP contribution is 2.38. The lowest BCUT2D eigenvalue weighted by molar-refractivity contribution is -0.0794. The van der Waals surface area contributed by atoms with Crippen molar-refractivity contribution in [3.8, 4) is 11.5 Å². The zero-order valence-corrected chi connectivity index (χ0v) is 11.4. The molecule has 0 amide bonds. The Balaban J connectivity index is 1.65. The minimum Gasteiger partial charge on any atom is -0.365 e. The van der Waals surface area contributed by atoms with E-state index in [9.17, 15) is 8.78 Å². The maximum Gasteiger partial charge on any atom is 0.252 e. The highest BCUT2D eigenvalue weighted by molar-refractivity contribution is 5.55. The van der Waals surface area contributed by atoms with E-state index in [-0.39, 0.29) is 18.9 Å². The van der Waals surface area contributed by atoms with E-state index < -0.39 is 5.92 Å². The van der Waals surface area contributed by atoms with Crippen LogP contribution >= 0.6 is 0 Å². The second kappa shape index (κ2) is 4.69. The summed E-state index contributed by atoms with van der Waals surface area (Å²) in [5.41, 5.74) is 1.22. The number of rotatable bonds is 3. The number of pyridine rings is 1. The lowest BCUT2D eigenvalue weighted by Gasteiger charge is -2.35. The average molecular weight is 302 g/mol. The van der Waals surface area contributed by atoms with E-state index in [4.69, 9.17) is 0 Å². The lowest BCUT2D eigenvalue weighted by atomic mass is 9.88. The summed E-state index contributed by atoms with van der Waals surface area (Å²) in [5, 5.41) is 15.5. The third-order valence-electron chi connectivity index (χ3n) is 3.60. The molecule has 0 saturated heterocycles. The zero-order chi connectivity index (χ0) is 15.2. The normalized spacial score (nSPS) is 17.4. The van der Waals surface area contributed by atoms with Crippen molar-refractivity contribution in [2.24, 2.45) is 0 Å². The fraction of sp³-hybridized carbons (Fsp3) is 0.286. The molecule has 1 aliphatic carbocycles. The van der Waals surface area contributed by atoms with E-state index >= 15 is 0 Å². The van der Waals surface area contributed by atoms with Crippen LogP contribution in [-0.4, -0.2) is 36.8 Å². The fourth-order valence-electron chi connectivity index (χ4n) is 2.49. The molecule has 0 aliphatic heterocycles. The topological polar surface area (TPSA) is 68.0 Å². The van der Waals surface area contributed by atoms with Crippen LogP contribution in [0.3, 0.4) is 0 Å². The molecule has 6 nitrogen and oxygen atoms in total. The van der Waals surface area contributed by atoms with Gasteiger partial charge in [-0.25, -0.2) is 8.78 Å². The van der Waals surface area contributed by atoms with Gasteiger partial charge in [-0.3, -0.25) is 4.98 Å². The Morgan fingerprint density at radius 3 is 2.73 bits per heavy atom. The first-order valence-corrected chi connectivity index (χ1v) is 6.89. The van der Waals surface area contributed by atoms with Gasteiger partial charge >= 0.3 is 0 Å². The van der Waals surface area contributed by atoms with Crippen LogP contribution in [0.25, 0.3) is 17.2 Å². The number of hydrogen-bond acceptors (Lipinski definition) is 5. The van der Waals surface area contributed by atoms with Crippen molar-refractivity contribution in [3.63, 3.8) is 0 Å². The first-order valence-electron chi connectivity index (χ1n) is 6.89. The predicted molar refractivity (Wildman–Crippen MR) is 75.6 cm³/mol. The predicted octanol–water partition coefficient (Wildman–Crippen LogP) is 2.40. The highest BCUT2D eigenvalue weighted by atomic mass is 19.3. The second-order valence-corrected chi connectivity index (χ2v) is 5.33. The molecule has 1 saturated carbocycles. The Morgan fingerprint density at radius 1 is 1.14 bits per heavy atom. The largest absolute Gasteiger partial charge is 0.365 e. The van der Waals surface area contributed by atoms with Crippen LogP contribution < -0.4 is 5.32 Å². The standard InChI is InChI=1S/C14H12F2N6/c15-14(16)7-9(8-14)18-11-4-5-12-19-20-13(22(12)21-11)10-3-1-2-6-17-10/h1-6,9H,7-8H2,(H,18,21). The molecule has 3 aromatic heterocycles. The van der Waals surface area contributed by atoms with Gasteiger partial charge in [0.2, 0.25) is 5.82 Å². The van der Waals surface area contributed by atoms with Crippen molar-refractivity contribution < 1.29 is 8.78 Å². The van der Waals surface area contributed by atoms with Crippen LogP contribution in [0.4, 0.5) is 14.6 Å². The van der Waals surface area contributed by atoms with Gasteiger partial charge in [-0.2, -0.15) is 4.52 Å². The molecule has 0 bridgehead atoms. The molecule has 1 fully saturated rings. The van der Waals surface area contributed by atoms with Gasteiger partial charge in [-0.1, -0.05) is 6.07 Å². The molecule has 112 valence electrons. The maximum atomic E-state index is 12.9. The van der Waals surface area contributed by atoms with Crippen molar-refractivity contribution in [2.75, 3.05) is 5.32 Å². The molecule has 0 radical (unpaired) electrons. The number of anilines is 1. The molecular formula is C14H12F2N6. The van der Waals surface area contributed by atoms with E-state index in [1.807, 2.05) is 18.2 Å². The Kier molecular flexibility index (Phi) is 2.78. The van der Waals surface area contributed by atoms with Crippen molar-refractivity contribution in [1.29, 1.82) is 0 Å². The van der Waals surface area contributed by atoms with Gasteiger partial charge < -0.3 is 5.32 Å². The van der Waals surface area contributed by atoms with Crippen molar-refractivity contribution in [1.82, 2.24) is 24.8 Å². The maximum absolute atomic E-state index is 12.9. The Morgan fingerprint density at radius 2 is 2.00 bits per heavy atom. The summed E-state index contributed by atoms with van der Waals surface area (Å²) < 4.78 is 27.3. The number of hydrogen-bond donors (Lipinski definition) is 1. The van der Waals surface area contributed by atoms with Crippen LogP contribution in [0.1, 0.15) is 12.8 Å². The van der Waals surface area contributed by atoms with Gasteiger partial charge in [-0.05, 0) is 24.3 Å². The Bertz CT molecular complexity index is 809. The van der Waals surface area contributed by atoms with Crippen LogP contribution in [0.2, 0.25) is 0 Å². The summed E-state index contributed by atoms with van der Waals surface area (Å²) in [7, 11) is 0. The highest BCUT2D eigenvalue weighted by Gasteiger charge is 2.45. The molecule has 4 rings (SSSR count). The molecular weight excluding hydrogens is 290 g/mol. The molecule has 0 atom stereocenters. The Labute approximate surface area is 124 Å². The molecule has 1 N–H and O–H groups in total. The van der Waals surface area contributed by atoms with E-state index in [1.54, 1.807) is 22.8 Å². The quantitative estimate of drug-likeness (QED) is 0.804. The summed E-state index contributed by atoms with van der Waals surface area (Å²) in [6.45, 7) is 0. The Hall–Kier alpha value is -2.64. The third kappa shape index (κ3) is 2.26. The molecule has 22 heavy (non-hydrogen) atoms. The van der Waals surface area contributed by atoms with E-state index in [0.29, 0.717) is 23.0 Å². The zero-order valence-electron chi connectivity index (χ0n) is 11.4. The van der Waals surface area contributed by atoms with Crippen molar-refractivity contribution >= 4 is 11.5 Å². The molecule has 0 aromatic carbocycles. The summed E-state index contributed by atoms with van der Waals surface area (Å²) in [6, 6.07) is 8.67. The molecule has 1 aliphatic rings. The summed E-state index contributed by atoms with van der Waals surface area (Å²) in [5.74, 6) is -1.53. The third-order valence-corrected chi connectivity index (χ3v) is 3.60. The van der Waals surface area contributed by atoms with Gasteiger partial charge in [0, 0.05) is 25.1 Å². The van der Waals surface area contributed by atoms with E-state index in [0.717, 1.165) is 0 Å². The van der Waals surface area contributed by atoms with Crippen LogP contribution in [0.5, 0.6) is 0 Å². The fourth-order valence-corrected chi connectivity index (χ4v) is 2.49. The molecule has 8 heteroatoms. The molecule has 0 spiro atoms. The van der Waals surface area contributed by atoms with Gasteiger partial charge in [0.15, 0.2) is 5.65 Å². The smallest absolute Gasteiger partial charge is 0.252 e. The SMILES string of the molecule is FC1(F)CC(Nc2ccc3nnc(-c4ccccn4)n3n2)C1. The summed E-state index contributed by atoms with van der Waals surface area (Å²) in [6.07, 6.45) is 1.33. The number of alkyl halides is 2. The second-order valence-electron chi connectivity index (χ2n) is 5.33. The minimum atomic E-state index is -2.56. The number of nitrogens with one attached hydrogen (secondary N) is 1. The molecule has 3 heterocycles. The lowest BCUT2D eigenvalue weighted by Crippen LogP contribution is -2.44. The van der Waals surface area contributed by atoms with E-state index in [2.05, 4.69) is 25.6 Å². The molecule has 3 aromatic rings. The first kappa shape index (κ1) is 13.1. The number of halogens is 2. The number of aromatic nitrogens is 5. The van der Waals surface area contributed by atoms with Crippen LogP contribution in [0.15, 0.2) is 36.5 Å². The monoisotopic (exact) mass is 302 g/mol. The first-order chi connectivity index (χ1) is 10.6. The average Bonchev–Trinajstić information content (AvgIpc) is 2.89. The molecule has 0 unspecified atom stereocenters. The number of nitrogens with zero attached hydrogens (tertiary/aromatic N) is 5. The van der Waals surface area contributed by atoms with Gasteiger partial charge in [0.1, 0.15) is 11.5 Å². The van der Waals surface area contributed by atoms with Crippen molar-refractivity contribution in [3.05, 3.63) is 36.5 Å².